The van der Waals surface area contributed by atoms with Gasteiger partial charge in [-0.3, -0.25) is 9.38 Å². The first-order chi connectivity index (χ1) is 13.6. The van der Waals surface area contributed by atoms with E-state index in [0.29, 0.717) is 5.56 Å². The Morgan fingerprint density at radius 3 is 2.64 bits per heavy atom. The highest BCUT2D eigenvalue weighted by Gasteiger charge is 2.16. The highest BCUT2D eigenvalue weighted by atomic mass is 16.5. The maximum Gasteiger partial charge on any atom is 0.337 e. The third-order valence-corrected chi connectivity index (χ3v) is 4.87. The molecule has 1 N–H and O–H groups in total. The molecule has 0 saturated heterocycles. The van der Waals surface area contributed by atoms with Crippen molar-refractivity contribution in [1.82, 2.24) is 14.4 Å². The highest BCUT2D eigenvalue weighted by Crippen LogP contribution is 2.32. The SMILES string of the molecule is COC(=O)c1ccc(-c2nc3cnccn3c2Nc2cccc(C)c2C)cc1. The topological polar surface area (TPSA) is 68.5 Å². The number of anilines is 2. The van der Waals surface area contributed by atoms with Crippen molar-refractivity contribution in [3.05, 3.63) is 77.7 Å². The molecule has 0 fully saturated rings. The van der Waals surface area contributed by atoms with E-state index in [1.165, 1.54) is 18.2 Å². The van der Waals surface area contributed by atoms with E-state index in [2.05, 4.69) is 30.2 Å². The molecule has 0 unspecified atom stereocenters. The Labute approximate surface area is 162 Å². The number of benzene rings is 2. The molecule has 0 spiro atoms. The maximum absolute atomic E-state index is 11.7. The van der Waals surface area contributed by atoms with Crippen LogP contribution in [0.5, 0.6) is 0 Å². The van der Waals surface area contributed by atoms with Crippen molar-refractivity contribution in [1.29, 1.82) is 0 Å². The summed E-state index contributed by atoms with van der Waals surface area (Å²) in [4.78, 5) is 20.6. The fraction of sp³-hybridized carbons (Fsp3) is 0.136. The van der Waals surface area contributed by atoms with Crippen LogP contribution in [-0.4, -0.2) is 27.4 Å². The number of carbonyl (C=O) groups is 1. The molecule has 2 aromatic carbocycles. The third-order valence-electron chi connectivity index (χ3n) is 4.87. The molecule has 0 radical (unpaired) electrons. The number of carbonyl (C=O) groups excluding carboxylic acids is 1. The van der Waals surface area contributed by atoms with Gasteiger partial charge in [-0.1, -0.05) is 24.3 Å². The molecule has 140 valence electrons. The molecule has 0 aliphatic carbocycles. The van der Waals surface area contributed by atoms with E-state index in [1.54, 1.807) is 24.5 Å². The van der Waals surface area contributed by atoms with Crippen molar-refractivity contribution in [2.45, 2.75) is 13.8 Å². The Morgan fingerprint density at radius 1 is 1.11 bits per heavy atom. The lowest BCUT2D eigenvalue weighted by atomic mass is 10.1. The number of nitrogens with one attached hydrogen (secondary N) is 1. The number of esters is 1. The number of aromatic nitrogens is 3. The minimum Gasteiger partial charge on any atom is -0.465 e. The van der Waals surface area contributed by atoms with Gasteiger partial charge in [0.05, 0.1) is 18.9 Å². The number of ether oxygens (including phenoxy) is 1. The minimum atomic E-state index is -0.362. The summed E-state index contributed by atoms with van der Waals surface area (Å²) in [5, 5.41) is 3.53. The first-order valence-corrected chi connectivity index (χ1v) is 8.92. The smallest absolute Gasteiger partial charge is 0.337 e. The van der Waals surface area contributed by atoms with Crippen LogP contribution in [0.15, 0.2) is 61.1 Å². The Hall–Kier alpha value is -3.67. The zero-order chi connectivity index (χ0) is 19.7. The van der Waals surface area contributed by atoms with Gasteiger partial charge in [0.1, 0.15) is 11.5 Å². The van der Waals surface area contributed by atoms with E-state index < -0.39 is 0 Å². The summed E-state index contributed by atoms with van der Waals surface area (Å²) >= 11 is 0. The van der Waals surface area contributed by atoms with Crippen LogP contribution in [0.1, 0.15) is 21.5 Å². The Kier molecular flexibility index (Phi) is 4.53. The van der Waals surface area contributed by atoms with Gasteiger partial charge in [-0.25, -0.2) is 9.78 Å². The molecular formula is C22H20N4O2. The van der Waals surface area contributed by atoms with Crippen molar-refractivity contribution >= 4 is 23.1 Å². The second-order valence-electron chi connectivity index (χ2n) is 6.55. The number of hydrogen-bond acceptors (Lipinski definition) is 5. The van der Waals surface area contributed by atoms with Gasteiger partial charge < -0.3 is 10.1 Å². The molecule has 6 heteroatoms. The van der Waals surface area contributed by atoms with Gasteiger partial charge in [-0.15, -0.1) is 0 Å². The van der Waals surface area contributed by atoms with Crippen molar-refractivity contribution in [2.24, 2.45) is 0 Å². The van der Waals surface area contributed by atoms with Crippen LogP contribution in [0.25, 0.3) is 16.9 Å². The van der Waals surface area contributed by atoms with Gasteiger partial charge >= 0.3 is 5.97 Å². The average molecular weight is 372 g/mol. The Bertz CT molecular complexity index is 1160. The van der Waals surface area contributed by atoms with Gasteiger partial charge in [0, 0.05) is 23.6 Å². The summed E-state index contributed by atoms with van der Waals surface area (Å²) in [6, 6.07) is 13.4. The molecule has 2 aromatic heterocycles. The molecular weight excluding hydrogens is 352 g/mol. The fourth-order valence-corrected chi connectivity index (χ4v) is 3.12. The van der Waals surface area contributed by atoms with E-state index in [-0.39, 0.29) is 5.97 Å². The van der Waals surface area contributed by atoms with E-state index in [1.807, 2.05) is 34.9 Å². The predicted molar refractivity (Wildman–Crippen MR) is 109 cm³/mol. The van der Waals surface area contributed by atoms with Gasteiger partial charge in [0.2, 0.25) is 0 Å². The minimum absolute atomic E-state index is 0.362. The standard InChI is InChI=1S/C22H20N4O2/c1-14-5-4-6-18(15(14)2)24-21-20(25-19-13-23-11-12-26(19)21)16-7-9-17(10-8-16)22(27)28-3/h4-13,24H,1-3H3. The zero-order valence-corrected chi connectivity index (χ0v) is 15.9. The molecule has 2 heterocycles. The van der Waals surface area contributed by atoms with E-state index in [0.717, 1.165) is 28.4 Å². The van der Waals surface area contributed by atoms with Crippen molar-refractivity contribution < 1.29 is 9.53 Å². The van der Waals surface area contributed by atoms with E-state index in [4.69, 9.17) is 9.72 Å². The van der Waals surface area contributed by atoms with Gasteiger partial charge in [0.15, 0.2) is 5.65 Å². The summed E-state index contributed by atoms with van der Waals surface area (Å²) in [5.74, 6) is 0.483. The zero-order valence-electron chi connectivity index (χ0n) is 15.9. The lowest BCUT2D eigenvalue weighted by Gasteiger charge is -2.13. The van der Waals surface area contributed by atoms with Crippen molar-refractivity contribution in [2.75, 3.05) is 12.4 Å². The molecule has 0 bridgehead atoms. The van der Waals surface area contributed by atoms with Crippen LogP contribution in [0.4, 0.5) is 11.5 Å². The van der Waals surface area contributed by atoms with Crippen LogP contribution in [0, 0.1) is 13.8 Å². The van der Waals surface area contributed by atoms with Gasteiger partial charge in [-0.05, 0) is 43.2 Å². The second-order valence-corrected chi connectivity index (χ2v) is 6.55. The first kappa shape index (κ1) is 17.7. The number of fused-ring (bicyclic) bond motifs is 1. The number of hydrogen-bond donors (Lipinski definition) is 1. The number of nitrogens with zero attached hydrogens (tertiary/aromatic N) is 3. The summed E-state index contributed by atoms with van der Waals surface area (Å²) in [7, 11) is 1.37. The van der Waals surface area contributed by atoms with Gasteiger partial charge in [0.25, 0.3) is 0 Å². The van der Waals surface area contributed by atoms with Crippen LogP contribution in [0.2, 0.25) is 0 Å². The average Bonchev–Trinajstić information content (AvgIpc) is 3.09. The molecule has 6 nitrogen and oxygen atoms in total. The highest BCUT2D eigenvalue weighted by molar-refractivity contribution is 5.90. The van der Waals surface area contributed by atoms with E-state index >= 15 is 0 Å². The number of methoxy groups -OCH3 is 1. The first-order valence-electron chi connectivity index (χ1n) is 8.92. The second kappa shape index (κ2) is 7.15. The molecule has 0 saturated carbocycles. The molecule has 28 heavy (non-hydrogen) atoms. The molecule has 4 aromatic rings. The number of imidazole rings is 1. The number of rotatable bonds is 4. The summed E-state index contributed by atoms with van der Waals surface area (Å²) in [6.45, 7) is 4.18. The quantitative estimate of drug-likeness (QED) is 0.533. The number of aryl methyl sites for hydroxylation is 1. The lowest BCUT2D eigenvalue weighted by molar-refractivity contribution is 0.0601. The summed E-state index contributed by atoms with van der Waals surface area (Å²) in [5.41, 5.74) is 6.33. The van der Waals surface area contributed by atoms with Crippen molar-refractivity contribution in [3.8, 4) is 11.3 Å². The van der Waals surface area contributed by atoms with Crippen LogP contribution >= 0.6 is 0 Å². The molecule has 0 aliphatic rings. The lowest BCUT2D eigenvalue weighted by Crippen LogP contribution is -2.01. The summed E-state index contributed by atoms with van der Waals surface area (Å²) < 4.78 is 6.75. The summed E-state index contributed by atoms with van der Waals surface area (Å²) in [6.07, 6.45) is 5.33. The fourth-order valence-electron chi connectivity index (χ4n) is 3.12. The van der Waals surface area contributed by atoms with Crippen LogP contribution in [0.3, 0.4) is 0 Å². The predicted octanol–water partition coefficient (Wildman–Crippen LogP) is 4.54. The molecule has 0 amide bonds. The van der Waals surface area contributed by atoms with E-state index in [9.17, 15) is 4.79 Å². The normalized spacial score (nSPS) is 10.8. The van der Waals surface area contributed by atoms with Gasteiger partial charge in [-0.2, -0.15) is 0 Å². The van der Waals surface area contributed by atoms with Crippen LogP contribution < -0.4 is 5.32 Å². The largest absolute Gasteiger partial charge is 0.465 e. The molecule has 4 rings (SSSR count). The maximum atomic E-state index is 11.7. The van der Waals surface area contributed by atoms with Crippen molar-refractivity contribution in [3.63, 3.8) is 0 Å². The Morgan fingerprint density at radius 2 is 1.89 bits per heavy atom. The molecule has 0 aliphatic heterocycles. The molecule has 0 atom stereocenters. The Balaban J connectivity index is 1.84. The van der Waals surface area contributed by atoms with Crippen LogP contribution in [-0.2, 0) is 4.74 Å². The monoisotopic (exact) mass is 372 g/mol. The third kappa shape index (κ3) is 3.09.